The largest absolute Gasteiger partial charge is 0.453 e. The highest BCUT2D eigenvalue weighted by molar-refractivity contribution is 6.03. The summed E-state index contributed by atoms with van der Waals surface area (Å²) >= 11 is 0. The lowest BCUT2D eigenvalue weighted by Gasteiger charge is -2.25. The third-order valence-electron chi connectivity index (χ3n) is 6.36. The van der Waals surface area contributed by atoms with E-state index in [9.17, 15) is 14.4 Å². The first-order valence-corrected chi connectivity index (χ1v) is 12.7. The molecule has 2 bridgehead atoms. The molecule has 38 heavy (non-hydrogen) atoms. The van der Waals surface area contributed by atoms with Crippen LogP contribution in [0.2, 0.25) is 0 Å². The van der Waals surface area contributed by atoms with Gasteiger partial charge in [-0.2, -0.15) is 0 Å². The van der Waals surface area contributed by atoms with Crippen LogP contribution in [-0.2, 0) is 14.3 Å². The summed E-state index contributed by atoms with van der Waals surface area (Å²) in [5, 5.41) is 9.61. The third kappa shape index (κ3) is 6.40. The molecule has 0 saturated carbocycles. The number of benzene rings is 2. The molecule has 9 heteroatoms. The number of methoxy groups -OCH3 is 1. The van der Waals surface area contributed by atoms with Crippen LogP contribution in [0.4, 0.5) is 21.0 Å². The van der Waals surface area contributed by atoms with Crippen molar-refractivity contribution in [1.82, 2.24) is 10.3 Å². The predicted octanol–water partition coefficient (Wildman–Crippen LogP) is 6.40. The Hall–Kier alpha value is -4.14. The van der Waals surface area contributed by atoms with Crippen molar-refractivity contribution in [2.24, 2.45) is 5.92 Å². The van der Waals surface area contributed by atoms with Crippen LogP contribution in [0.1, 0.15) is 58.7 Å². The van der Waals surface area contributed by atoms with Gasteiger partial charge in [-0.3, -0.25) is 15.1 Å². The molecule has 2 aromatic carbocycles. The number of alkyl carbamates (subject to hydrolysis) is 1. The van der Waals surface area contributed by atoms with Crippen LogP contribution in [0, 0.1) is 5.92 Å². The van der Waals surface area contributed by atoms with Gasteiger partial charge in [-0.15, -0.1) is 0 Å². The number of aromatic nitrogens is 1. The smallest absolute Gasteiger partial charge is 0.411 e. The van der Waals surface area contributed by atoms with E-state index in [1.54, 1.807) is 12.1 Å². The number of hydrogen-bond acceptors (Lipinski definition) is 6. The van der Waals surface area contributed by atoms with Crippen LogP contribution in [0.15, 0.2) is 48.5 Å². The van der Waals surface area contributed by atoms with E-state index in [-0.39, 0.29) is 11.8 Å². The maximum atomic E-state index is 13.2. The summed E-state index contributed by atoms with van der Waals surface area (Å²) in [5.41, 5.74) is 3.46. The average Bonchev–Trinajstić information content (AvgIpc) is 2.86. The average molecular weight is 519 g/mol. The molecule has 1 aliphatic rings. The summed E-state index contributed by atoms with van der Waals surface area (Å²) in [6.07, 6.45) is 0.779. The number of nitrogens with one attached hydrogen (secondary N) is 3. The van der Waals surface area contributed by atoms with Gasteiger partial charge in [0.05, 0.1) is 30.0 Å². The van der Waals surface area contributed by atoms with Crippen LogP contribution < -0.4 is 16.0 Å². The summed E-state index contributed by atoms with van der Waals surface area (Å²) in [5.74, 6) is -0.401. The molecule has 200 valence electrons. The summed E-state index contributed by atoms with van der Waals surface area (Å²) in [4.78, 5) is 42.7. The Kier molecular flexibility index (Phi) is 7.85. The highest BCUT2D eigenvalue weighted by Crippen LogP contribution is 2.38. The van der Waals surface area contributed by atoms with E-state index in [1.807, 2.05) is 64.1 Å². The van der Waals surface area contributed by atoms with E-state index in [1.165, 1.54) is 7.11 Å². The lowest BCUT2D eigenvalue weighted by molar-refractivity contribution is -0.119. The van der Waals surface area contributed by atoms with Crippen LogP contribution in [0.25, 0.3) is 22.0 Å². The molecule has 0 spiro atoms. The van der Waals surface area contributed by atoms with Crippen LogP contribution in [-0.4, -0.2) is 35.8 Å². The second-order valence-electron chi connectivity index (χ2n) is 10.5. The molecule has 2 atom stereocenters. The molecule has 3 N–H and O–H groups in total. The van der Waals surface area contributed by atoms with Crippen molar-refractivity contribution >= 4 is 40.4 Å². The first-order chi connectivity index (χ1) is 18.0. The Bertz CT molecular complexity index is 1360. The molecule has 0 radical (unpaired) electrons. The number of fused-ring (bicyclic) bond motifs is 6. The molecule has 4 rings (SSSR count). The van der Waals surface area contributed by atoms with Crippen molar-refractivity contribution in [3.8, 4) is 11.1 Å². The summed E-state index contributed by atoms with van der Waals surface area (Å²) < 4.78 is 10.3. The van der Waals surface area contributed by atoms with Gasteiger partial charge in [-0.25, -0.2) is 9.59 Å². The van der Waals surface area contributed by atoms with E-state index in [4.69, 9.17) is 14.5 Å². The quantitative estimate of drug-likeness (QED) is 0.361. The number of nitrogens with zero attached hydrogens (tertiary/aromatic N) is 1. The minimum absolute atomic E-state index is 0.128. The van der Waals surface area contributed by atoms with Crippen LogP contribution in [0.5, 0.6) is 0 Å². The third-order valence-corrected chi connectivity index (χ3v) is 6.36. The highest BCUT2D eigenvalue weighted by atomic mass is 16.6. The van der Waals surface area contributed by atoms with Crippen LogP contribution >= 0.6 is 0 Å². The zero-order valence-electron chi connectivity index (χ0n) is 22.4. The molecule has 1 aromatic heterocycles. The normalized spacial score (nSPS) is 17.8. The molecule has 0 unspecified atom stereocenters. The van der Waals surface area contributed by atoms with Gasteiger partial charge in [-0.05, 0) is 63.4 Å². The van der Waals surface area contributed by atoms with Crippen molar-refractivity contribution in [3.05, 3.63) is 54.2 Å². The van der Waals surface area contributed by atoms with Gasteiger partial charge in [0.15, 0.2) is 0 Å². The zero-order chi connectivity index (χ0) is 27.4. The van der Waals surface area contributed by atoms with Crippen molar-refractivity contribution in [3.63, 3.8) is 0 Å². The summed E-state index contributed by atoms with van der Waals surface area (Å²) in [6, 6.07) is 14.6. The highest BCUT2D eigenvalue weighted by Gasteiger charge is 2.25. The Morgan fingerprint density at radius 3 is 2.53 bits per heavy atom. The first-order valence-electron chi connectivity index (χ1n) is 12.7. The number of para-hydroxylation sites is 1. The minimum Gasteiger partial charge on any atom is -0.453 e. The number of pyridine rings is 1. The van der Waals surface area contributed by atoms with Gasteiger partial charge in [0.2, 0.25) is 5.91 Å². The molecule has 0 saturated heterocycles. The Morgan fingerprint density at radius 2 is 1.79 bits per heavy atom. The van der Waals surface area contributed by atoms with Gasteiger partial charge in [0.25, 0.3) is 0 Å². The van der Waals surface area contributed by atoms with E-state index in [2.05, 4.69) is 16.0 Å². The molecule has 2 heterocycles. The zero-order valence-corrected chi connectivity index (χ0v) is 22.4. The molecular formula is C29H34N4O5. The molecule has 0 fully saturated rings. The van der Waals surface area contributed by atoms with E-state index in [0.29, 0.717) is 36.3 Å². The SMILES string of the molecule is COC(=O)Nc1ccc2c(c1)NC(=O)[C@H](C)CCC[C@H](NC(=O)OC(C)(C)C)c1cc-2c2ccccc2n1. The maximum Gasteiger partial charge on any atom is 0.411 e. The molecule has 9 nitrogen and oxygen atoms in total. The molecule has 3 amide bonds. The monoisotopic (exact) mass is 518 g/mol. The topological polar surface area (TPSA) is 119 Å². The van der Waals surface area contributed by atoms with Gasteiger partial charge < -0.3 is 20.1 Å². The van der Waals surface area contributed by atoms with Gasteiger partial charge in [0.1, 0.15) is 5.60 Å². The lowest BCUT2D eigenvalue weighted by Crippen LogP contribution is -2.35. The second kappa shape index (κ2) is 11.1. The number of hydrogen-bond donors (Lipinski definition) is 3. The lowest BCUT2D eigenvalue weighted by atomic mass is 9.93. The molecule has 1 aliphatic heterocycles. The number of ether oxygens (including phenoxy) is 2. The maximum absolute atomic E-state index is 13.2. The van der Waals surface area contributed by atoms with E-state index in [0.717, 1.165) is 22.0 Å². The fourth-order valence-electron chi connectivity index (χ4n) is 4.49. The first kappa shape index (κ1) is 26.9. The fraction of sp³-hybridized carbons (Fsp3) is 0.379. The number of carbonyl (C=O) groups excluding carboxylic acids is 3. The summed E-state index contributed by atoms with van der Waals surface area (Å²) in [6.45, 7) is 7.34. The van der Waals surface area contributed by atoms with Gasteiger partial charge in [0, 0.05) is 22.6 Å². The minimum atomic E-state index is -0.640. The van der Waals surface area contributed by atoms with Crippen molar-refractivity contribution in [2.75, 3.05) is 17.7 Å². The van der Waals surface area contributed by atoms with Crippen molar-refractivity contribution in [2.45, 2.75) is 58.6 Å². The van der Waals surface area contributed by atoms with Crippen LogP contribution in [0.3, 0.4) is 0 Å². The number of carbonyl (C=O) groups is 3. The molecule has 3 aromatic rings. The van der Waals surface area contributed by atoms with E-state index < -0.39 is 23.8 Å². The van der Waals surface area contributed by atoms with E-state index >= 15 is 0 Å². The van der Waals surface area contributed by atoms with Crippen molar-refractivity contribution in [1.29, 1.82) is 0 Å². The molecule has 0 aliphatic carbocycles. The van der Waals surface area contributed by atoms with Gasteiger partial charge in [-0.1, -0.05) is 37.6 Å². The standard InChI is InChI=1S/C29H34N4O5/c1-17-9-8-12-23(33-28(36)38-29(2,3)4)25-16-21(19-10-6-7-11-22(19)31-25)20-14-13-18(30-27(35)37-5)15-24(20)32-26(17)34/h6-7,10-11,13-17,23H,8-9,12H2,1-5H3,(H,30,35)(H,32,34)(H,33,36)/t17-,23+/m1/s1. The second-order valence-corrected chi connectivity index (χ2v) is 10.5. The Morgan fingerprint density at radius 1 is 1.03 bits per heavy atom. The summed E-state index contributed by atoms with van der Waals surface area (Å²) in [7, 11) is 1.29. The predicted molar refractivity (Wildman–Crippen MR) is 147 cm³/mol. The van der Waals surface area contributed by atoms with Crippen molar-refractivity contribution < 1.29 is 23.9 Å². The number of anilines is 2. The number of rotatable bonds is 2. The fourth-order valence-corrected chi connectivity index (χ4v) is 4.49. The van der Waals surface area contributed by atoms with Gasteiger partial charge >= 0.3 is 12.2 Å². The Balaban J connectivity index is 1.88. The number of amides is 3. The Labute approximate surface area is 222 Å². The molecular weight excluding hydrogens is 484 g/mol.